The van der Waals surface area contributed by atoms with E-state index in [9.17, 15) is 14.0 Å². The van der Waals surface area contributed by atoms with Crippen molar-refractivity contribution in [3.05, 3.63) is 45.8 Å². The molecule has 0 saturated heterocycles. The van der Waals surface area contributed by atoms with Crippen molar-refractivity contribution < 1.29 is 9.18 Å². The average molecular weight is 404 g/mol. The van der Waals surface area contributed by atoms with Gasteiger partial charge >= 0.3 is 0 Å². The van der Waals surface area contributed by atoms with Crippen molar-refractivity contribution in [3.8, 4) is 11.1 Å². The van der Waals surface area contributed by atoms with E-state index in [1.54, 1.807) is 19.2 Å². The first-order valence-electron chi connectivity index (χ1n) is 8.65. The molecule has 4 rings (SSSR count). The number of nitrogens with one attached hydrogen (secondary N) is 1. The fraction of sp³-hybridized carbons (Fsp3) is 0.316. The van der Waals surface area contributed by atoms with Crippen molar-refractivity contribution in [2.75, 3.05) is 0 Å². The quantitative estimate of drug-likeness (QED) is 0.523. The van der Waals surface area contributed by atoms with Crippen molar-refractivity contribution in [2.45, 2.75) is 36.2 Å². The summed E-state index contributed by atoms with van der Waals surface area (Å²) in [4.78, 5) is 30.4. The molecule has 2 heterocycles. The van der Waals surface area contributed by atoms with Gasteiger partial charge in [0.1, 0.15) is 10.6 Å². The van der Waals surface area contributed by atoms with Gasteiger partial charge in [0.15, 0.2) is 5.16 Å². The Morgan fingerprint density at radius 3 is 2.74 bits per heavy atom. The predicted octanol–water partition coefficient (Wildman–Crippen LogP) is 3.56. The molecule has 1 saturated carbocycles. The third-order valence-electron chi connectivity index (χ3n) is 4.50. The number of benzene rings is 1. The number of hydrogen-bond acceptors (Lipinski definition) is 5. The number of halogens is 1. The molecule has 2 aromatic heterocycles. The smallest absolute Gasteiger partial charge is 0.263 e. The van der Waals surface area contributed by atoms with Crippen LogP contribution >= 0.6 is 23.1 Å². The van der Waals surface area contributed by atoms with Crippen molar-refractivity contribution in [2.24, 2.45) is 7.05 Å². The number of hydrogen-bond donors (Lipinski definition) is 1. The Balaban J connectivity index is 1.68. The summed E-state index contributed by atoms with van der Waals surface area (Å²) >= 11 is 2.66. The monoisotopic (exact) mass is 403 g/mol. The van der Waals surface area contributed by atoms with E-state index in [0.29, 0.717) is 21.4 Å². The zero-order valence-electron chi connectivity index (χ0n) is 14.9. The van der Waals surface area contributed by atoms with E-state index in [2.05, 4.69) is 10.3 Å². The Morgan fingerprint density at radius 1 is 1.37 bits per heavy atom. The lowest BCUT2D eigenvalue weighted by atomic mass is 10.1. The average Bonchev–Trinajstić information content (AvgIpc) is 3.36. The zero-order valence-corrected chi connectivity index (χ0v) is 16.5. The number of carbonyl (C=O) groups excluding carboxylic acids is 1. The van der Waals surface area contributed by atoms with Crippen LogP contribution in [0.4, 0.5) is 4.39 Å². The number of thioether (sulfide) groups is 1. The number of nitrogens with zero attached hydrogens (tertiary/aromatic N) is 2. The summed E-state index contributed by atoms with van der Waals surface area (Å²) in [7, 11) is 1.66. The first kappa shape index (κ1) is 18.2. The number of thiophene rings is 1. The van der Waals surface area contributed by atoms with Crippen molar-refractivity contribution in [1.82, 2.24) is 14.9 Å². The first-order chi connectivity index (χ1) is 12.9. The van der Waals surface area contributed by atoms with Crippen LogP contribution in [0.3, 0.4) is 0 Å². The molecule has 0 spiro atoms. The SMILES string of the molecule is C[C@H](Sc1nc2scc(-c3ccc(F)cc3)c2c(=O)n1C)C(=O)NC1CC1. The summed E-state index contributed by atoms with van der Waals surface area (Å²) in [5, 5.41) is 5.54. The molecule has 1 aliphatic carbocycles. The highest BCUT2D eigenvalue weighted by atomic mass is 32.2. The van der Waals surface area contributed by atoms with Gasteiger partial charge in [0.25, 0.3) is 5.56 Å². The maximum Gasteiger partial charge on any atom is 0.263 e. The summed E-state index contributed by atoms with van der Waals surface area (Å²) in [6.07, 6.45) is 2.07. The topological polar surface area (TPSA) is 64.0 Å². The number of aromatic nitrogens is 2. The van der Waals surface area contributed by atoms with E-state index in [-0.39, 0.29) is 22.5 Å². The molecule has 1 aromatic carbocycles. The molecule has 8 heteroatoms. The fourth-order valence-corrected chi connectivity index (χ4v) is 4.63. The van der Waals surface area contributed by atoms with Gasteiger partial charge in [0, 0.05) is 24.0 Å². The number of carbonyl (C=O) groups is 1. The van der Waals surface area contributed by atoms with Gasteiger partial charge in [-0.1, -0.05) is 23.9 Å². The van der Waals surface area contributed by atoms with Crippen molar-refractivity contribution in [3.63, 3.8) is 0 Å². The van der Waals surface area contributed by atoms with Gasteiger partial charge in [-0.25, -0.2) is 9.37 Å². The normalized spacial score (nSPS) is 15.1. The Kier molecular flexibility index (Phi) is 4.77. The molecule has 5 nitrogen and oxygen atoms in total. The maximum absolute atomic E-state index is 13.2. The highest BCUT2D eigenvalue weighted by Gasteiger charge is 2.27. The van der Waals surface area contributed by atoms with Gasteiger partial charge in [0.05, 0.1) is 10.6 Å². The van der Waals surface area contributed by atoms with Gasteiger partial charge in [-0.2, -0.15) is 0 Å². The molecule has 140 valence electrons. The van der Waals surface area contributed by atoms with Gasteiger partial charge in [0.2, 0.25) is 5.91 Å². The number of rotatable bonds is 5. The second-order valence-corrected chi connectivity index (χ2v) is 8.80. The molecular formula is C19H18FN3O2S2. The Hall–Kier alpha value is -2.19. The molecule has 1 amide bonds. The van der Waals surface area contributed by atoms with Crippen LogP contribution in [0.15, 0.2) is 39.6 Å². The minimum atomic E-state index is -0.335. The molecule has 1 atom stereocenters. The lowest BCUT2D eigenvalue weighted by Gasteiger charge is -2.13. The summed E-state index contributed by atoms with van der Waals surface area (Å²) in [5.74, 6) is -0.350. The second-order valence-electron chi connectivity index (χ2n) is 6.64. The molecule has 0 unspecified atom stereocenters. The Morgan fingerprint density at radius 2 is 2.07 bits per heavy atom. The van der Waals surface area contributed by atoms with Crippen LogP contribution in [0.1, 0.15) is 19.8 Å². The van der Waals surface area contributed by atoms with Crippen LogP contribution in [0.5, 0.6) is 0 Å². The minimum Gasteiger partial charge on any atom is -0.352 e. The van der Waals surface area contributed by atoms with Gasteiger partial charge in [-0.05, 0) is 37.5 Å². The van der Waals surface area contributed by atoms with Crippen LogP contribution in [0.2, 0.25) is 0 Å². The van der Waals surface area contributed by atoms with Gasteiger partial charge in [-0.3, -0.25) is 14.2 Å². The third-order valence-corrected chi connectivity index (χ3v) is 6.52. The molecule has 1 aliphatic rings. The maximum atomic E-state index is 13.2. The van der Waals surface area contributed by atoms with Crippen LogP contribution in [0.25, 0.3) is 21.3 Å². The molecule has 0 aliphatic heterocycles. The second kappa shape index (κ2) is 7.09. The van der Waals surface area contributed by atoms with Crippen LogP contribution in [0, 0.1) is 5.82 Å². The van der Waals surface area contributed by atoms with E-state index in [0.717, 1.165) is 24.0 Å². The van der Waals surface area contributed by atoms with Gasteiger partial charge in [-0.15, -0.1) is 11.3 Å². The van der Waals surface area contributed by atoms with Crippen LogP contribution in [-0.2, 0) is 11.8 Å². The van der Waals surface area contributed by atoms with Crippen LogP contribution in [-0.4, -0.2) is 26.8 Å². The van der Waals surface area contributed by atoms with E-state index >= 15 is 0 Å². The summed E-state index contributed by atoms with van der Waals surface area (Å²) in [6, 6.07) is 6.37. The lowest BCUT2D eigenvalue weighted by Crippen LogP contribution is -2.33. The molecule has 27 heavy (non-hydrogen) atoms. The summed E-state index contributed by atoms with van der Waals surface area (Å²) < 4.78 is 14.7. The Bertz CT molecular complexity index is 1070. The first-order valence-corrected chi connectivity index (χ1v) is 10.4. The number of amides is 1. The number of fused-ring (bicyclic) bond motifs is 1. The van der Waals surface area contributed by atoms with Crippen molar-refractivity contribution in [1.29, 1.82) is 0 Å². The standard InChI is InChI=1S/C19H18FN3O2S2/c1-10(16(24)21-13-7-8-13)27-19-22-17-15(18(25)23(19)2)14(9-26-17)11-3-5-12(20)6-4-11/h3-6,9-10,13H,7-8H2,1-2H3,(H,21,24)/t10-/m0/s1. The highest BCUT2D eigenvalue weighted by molar-refractivity contribution is 8.00. The molecule has 1 fully saturated rings. The van der Waals surface area contributed by atoms with E-state index in [1.807, 2.05) is 12.3 Å². The molecule has 3 aromatic rings. The molecule has 0 bridgehead atoms. The minimum absolute atomic E-state index is 0.0324. The summed E-state index contributed by atoms with van der Waals surface area (Å²) in [6.45, 7) is 1.82. The van der Waals surface area contributed by atoms with E-state index < -0.39 is 0 Å². The third kappa shape index (κ3) is 3.64. The predicted molar refractivity (Wildman–Crippen MR) is 107 cm³/mol. The van der Waals surface area contributed by atoms with E-state index in [1.165, 1.54) is 39.8 Å². The summed E-state index contributed by atoms with van der Waals surface area (Å²) in [5.41, 5.74) is 1.36. The molecule has 1 N–H and O–H groups in total. The zero-order chi connectivity index (χ0) is 19.1. The highest BCUT2D eigenvalue weighted by Crippen LogP contribution is 2.33. The lowest BCUT2D eigenvalue weighted by molar-refractivity contribution is -0.120. The Labute approximate surface area is 163 Å². The van der Waals surface area contributed by atoms with E-state index in [4.69, 9.17) is 0 Å². The van der Waals surface area contributed by atoms with Gasteiger partial charge < -0.3 is 5.32 Å². The van der Waals surface area contributed by atoms with Crippen molar-refractivity contribution >= 4 is 39.2 Å². The molecule has 0 radical (unpaired) electrons. The van der Waals surface area contributed by atoms with Crippen LogP contribution < -0.4 is 10.9 Å². The molecular weight excluding hydrogens is 385 g/mol. The largest absolute Gasteiger partial charge is 0.352 e. The fourth-order valence-electron chi connectivity index (χ4n) is 2.76.